The van der Waals surface area contributed by atoms with Crippen LogP contribution < -0.4 is 10.3 Å². The van der Waals surface area contributed by atoms with Crippen molar-refractivity contribution in [2.24, 2.45) is 0 Å². The summed E-state index contributed by atoms with van der Waals surface area (Å²) in [6.45, 7) is 5.40. The summed E-state index contributed by atoms with van der Waals surface area (Å²) < 4.78 is 6.00. The van der Waals surface area contributed by atoms with Crippen LogP contribution in [0.3, 0.4) is 0 Å². The summed E-state index contributed by atoms with van der Waals surface area (Å²) in [7, 11) is 0. The highest BCUT2D eigenvalue weighted by molar-refractivity contribution is 6.11. The molecule has 0 N–H and O–H groups in total. The molecule has 0 radical (unpaired) electrons. The summed E-state index contributed by atoms with van der Waals surface area (Å²) in [5.74, 6) is -0.366. The van der Waals surface area contributed by atoms with E-state index >= 15 is 0 Å². The van der Waals surface area contributed by atoms with Gasteiger partial charge in [0.05, 0.1) is 17.0 Å². The van der Waals surface area contributed by atoms with Crippen LogP contribution in [-0.2, 0) is 0 Å². The molecule has 0 fully saturated rings. The zero-order valence-electron chi connectivity index (χ0n) is 18.0. The Kier molecular flexibility index (Phi) is 4.55. The first-order chi connectivity index (χ1) is 15.3. The van der Waals surface area contributed by atoms with Gasteiger partial charge in [-0.1, -0.05) is 41.5 Å². The van der Waals surface area contributed by atoms with Gasteiger partial charge in [-0.25, -0.2) is 0 Å². The number of Topliss-reactive ketones (excluding diaryl/α,β-unsaturated/α-hetero) is 1. The van der Waals surface area contributed by atoms with Gasteiger partial charge in [-0.3, -0.25) is 19.3 Å². The fourth-order valence-corrected chi connectivity index (χ4v) is 4.27. The van der Waals surface area contributed by atoms with Crippen molar-refractivity contribution in [3.05, 3.63) is 111 Å². The van der Waals surface area contributed by atoms with E-state index in [1.807, 2.05) is 44.2 Å². The monoisotopic (exact) mass is 423 g/mol. The Bertz CT molecular complexity index is 1450. The van der Waals surface area contributed by atoms with Gasteiger partial charge in [-0.2, -0.15) is 0 Å². The molecular weight excluding hydrogens is 402 g/mol. The van der Waals surface area contributed by atoms with Gasteiger partial charge in [0.25, 0.3) is 5.91 Å². The lowest BCUT2D eigenvalue weighted by molar-refractivity contribution is 0.0970. The van der Waals surface area contributed by atoms with Crippen molar-refractivity contribution < 1.29 is 14.0 Å². The first-order valence-corrected chi connectivity index (χ1v) is 10.4. The van der Waals surface area contributed by atoms with E-state index in [1.165, 1.54) is 6.92 Å². The first kappa shape index (κ1) is 19.9. The predicted octanol–water partition coefficient (Wildman–Crippen LogP) is 5.36. The van der Waals surface area contributed by atoms with E-state index in [1.54, 1.807) is 41.3 Å². The van der Waals surface area contributed by atoms with Gasteiger partial charge in [0, 0.05) is 11.3 Å². The summed E-state index contributed by atoms with van der Waals surface area (Å²) in [6, 6.07) is 19.4. The van der Waals surface area contributed by atoms with E-state index in [2.05, 4.69) is 0 Å². The fourth-order valence-electron chi connectivity index (χ4n) is 4.27. The Balaban J connectivity index is 1.77. The topological polar surface area (TPSA) is 67.6 Å². The van der Waals surface area contributed by atoms with E-state index in [0.29, 0.717) is 27.8 Å². The van der Waals surface area contributed by atoms with Crippen molar-refractivity contribution in [2.45, 2.75) is 26.8 Å². The van der Waals surface area contributed by atoms with Crippen LogP contribution in [0.2, 0.25) is 0 Å². The number of benzene rings is 3. The lowest BCUT2D eigenvalue weighted by Crippen LogP contribution is -2.29. The third-order valence-electron chi connectivity index (χ3n) is 5.97. The lowest BCUT2D eigenvalue weighted by atomic mass is 9.97. The van der Waals surface area contributed by atoms with E-state index in [0.717, 1.165) is 16.7 Å². The highest BCUT2D eigenvalue weighted by Gasteiger charge is 2.43. The number of anilines is 1. The average molecular weight is 423 g/mol. The van der Waals surface area contributed by atoms with E-state index in [9.17, 15) is 14.4 Å². The van der Waals surface area contributed by atoms with E-state index < -0.39 is 6.04 Å². The van der Waals surface area contributed by atoms with Crippen LogP contribution in [0.4, 0.5) is 5.69 Å². The number of rotatable bonds is 3. The smallest absolute Gasteiger partial charge is 0.295 e. The van der Waals surface area contributed by atoms with Gasteiger partial charge in [0.15, 0.2) is 11.2 Å². The number of carbonyl (C=O) groups is 2. The van der Waals surface area contributed by atoms with Gasteiger partial charge in [0.2, 0.25) is 5.76 Å². The Morgan fingerprint density at radius 1 is 0.875 bits per heavy atom. The van der Waals surface area contributed by atoms with Gasteiger partial charge < -0.3 is 4.42 Å². The molecule has 2 heterocycles. The normalized spacial score (nSPS) is 15.3. The number of aryl methyl sites for hydroxylation is 2. The maximum atomic E-state index is 13.6. The Morgan fingerprint density at radius 3 is 2.19 bits per heavy atom. The zero-order valence-corrected chi connectivity index (χ0v) is 18.0. The van der Waals surface area contributed by atoms with Crippen LogP contribution in [0, 0.1) is 13.8 Å². The molecule has 5 heteroatoms. The summed E-state index contributed by atoms with van der Waals surface area (Å²) in [5, 5.41) is 0.461. The van der Waals surface area contributed by atoms with Gasteiger partial charge in [-0.15, -0.1) is 0 Å². The summed E-state index contributed by atoms with van der Waals surface area (Å²) >= 11 is 0. The Morgan fingerprint density at radius 2 is 1.53 bits per heavy atom. The van der Waals surface area contributed by atoms with Crippen molar-refractivity contribution >= 4 is 28.3 Å². The van der Waals surface area contributed by atoms with Crippen molar-refractivity contribution in [2.75, 3.05) is 4.90 Å². The Labute approximate surface area is 184 Å². The summed E-state index contributed by atoms with van der Waals surface area (Å²) in [5.41, 5.74) is 4.52. The molecule has 5 rings (SSSR count). The molecule has 1 atom stereocenters. The van der Waals surface area contributed by atoms with Crippen molar-refractivity contribution in [3.63, 3.8) is 0 Å². The van der Waals surface area contributed by atoms with Crippen LogP contribution in [0.25, 0.3) is 11.0 Å². The maximum Gasteiger partial charge on any atom is 0.295 e. The minimum absolute atomic E-state index is 0.0545. The van der Waals surface area contributed by atoms with Crippen molar-refractivity contribution in [1.29, 1.82) is 0 Å². The summed E-state index contributed by atoms with van der Waals surface area (Å²) in [4.78, 5) is 40.4. The largest absolute Gasteiger partial charge is 0.450 e. The summed E-state index contributed by atoms with van der Waals surface area (Å²) in [6.07, 6.45) is 0. The van der Waals surface area contributed by atoms with Crippen molar-refractivity contribution in [1.82, 2.24) is 0 Å². The predicted molar refractivity (Wildman–Crippen MR) is 123 cm³/mol. The van der Waals surface area contributed by atoms with Crippen LogP contribution >= 0.6 is 0 Å². The molecule has 1 aromatic heterocycles. The molecule has 1 amide bonds. The molecule has 3 aromatic carbocycles. The fraction of sp³-hybridized carbons (Fsp3) is 0.148. The first-order valence-electron chi connectivity index (χ1n) is 10.4. The molecule has 1 aliphatic rings. The number of nitrogens with zero attached hydrogens (tertiary/aromatic N) is 1. The average Bonchev–Trinajstić information content (AvgIpc) is 3.07. The third kappa shape index (κ3) is 3.05. The van der Waals surface area contributed by atoms with Gasteiger partial charge in [0.1, 0.15) is 5.58 Å². The zero-order chi connectivity index (χ0) is 22.6. The molecule has 0 aliphatic carbocycles. The standard InChI is InChI=1S/C27H21NO4/c1-15-4-7-19(8-5-15)24-23-25(30)21-14-16(2)6-13-22(21)32-26(23)27(31)28(24)20-11-9-18(10-12-20)17(3)29/h4-14,24H,1-3H3. The molecule has 0 spiro atoms. The quantitative estimate of drug-likeness (QED) is 0.416. The van der Waals surface area contributed by atoms with Crippen molar-refractivity contribution in [3.8, 4) is 0 Å². The number of ketones is 1. The molecule has 4 aromatic rings. The number of fused-ring (bicyclic) bond motifs is 2. The number of amides is 1. The number of carbonyl (C=O) groups excluding carboxylic acids is 2. The number of hydrogen-bond acceptors (Lipinski definition) is 4. The van der Waals surface area contributed by atoms with Crippen LogP contribution in [0.5, 0.6) is 0 Å². The second-order valence-corrected chi connectivity index (χ2v) is 8.27. The van der Waals surface area contributed by atoms with E-state index in [-0.39, 0.29) is 22.9 Å². The highest BCUT2D eigenvalue weighted by Crippen LogP contribution is 2.41. The SMILES string of the molecule is CC(=O)c1ccc(N2C(=O)c3oc4ccc(C)cc4c(=O)c3C2c2ccc(C)cc2)cc1. The molecular formula is C27H21NO4. The third-order valence-corrected chi connectivity index (χ3v) is 5.97. The second-order valence-electron chi connectivity index (χ2n) is 8.27. The molecule has 0 bridgehead atoms. The number of hydrogen-bond donors (Lipinski definition) is 0. The lowest BCUT2D eigenvalue weighted by Gasteiger charge is -2.25. The molecule has 0 saturated carbocycles. The van der Waals surface area contributed by atoms with Gasteiger partial charge >= 0.3 is 0 Å². The molecule has 158 valence electrons. The van der Waals surface area contributed by atoms with Crippen LogP contribution in [0.1, 0.15) is 56.1 Å². The molecule has 32 heavy (non-hydrogen) atoms. The van der Waals surface area contributed by atoms with E-state index in [4.69, 9.17) is 4.42 Å². The minimum Gasteiger partial charge on any atom is -0.450 e. The minimum atomic E-state index is -0.623. The molecule has 1 aliphatic heterocycles. The van der Waals surface area contributed by atoms with Gasteiger partial charge in [-0.05, 0) is 62.7 Å². The maximum absolute atomic E-state index is 13.6. The van der Waals surface area contributed by atoms with Crippen LogP contribution in [-0.4, -0.2) is 11.7 Å². The second kappa shape index (κ2) is 7.31. The molecule has 0 saturated heterocycles. The van der Waals surface area contributed by atoms with Crippen LogP contribution in [0.15, 0.2) is 75.9 Å². The molecule has 5 nitrogen and oxygen atoms in total. The highest BCUT2D eigenvalue weighted by atomic mass is 16.3. The Hall–Kier alpha value is -3.99. The molecule has 1 unspecified atom stereocenters.